The van der Waals surface area contributed by atoms with Gasteiger partial charge in [-0.05, 0) is 106 Å². The van der Waals surface area contributed by atoms with Crippen molar-refractivity contribution in [2.45, 2.75) is 72.8 Å². The lowest BCUT2D eigenvalue weighted by molar-refractivity contribution is 0.0740. The third-order valence-corrected chi connectivity index (χ3v) is 8.09. The van der Waals surface area contributed by atoms with Crippen molar-refractivity contribution in [1.29, 1.82) is 0 Å². The number of carbonyl (C=O) groups excluding carboxylic acids is 2. The monoisotopic (exact) mass is 575 g/mol. The Kier molecular flexibility index (Phi) is 11.4. The lowest BCUT2D eigenvalue weighted by Crippen LogP contribution is -2.34. The van der Waals surface area contributed by atoms with Crippen molar-refractivity contribution >= 4 is 28.5 Å². The van der Waals surface area contributed by atoms with E-state index in [-0.39, 0.29) is 11.8 Å². The summed E-state index contributed by atoms with van der Waals surface area (Å²) < 4.78 is 7.25. The van der Waals surface area contributed by atoms with E-state index in [2.05, 4.69) is 37.9 Å². The molecular weight excluding hydrogens is 526 g/mol. The number of nitrogens with one attached hydrogen (secondary N) is 1. The molecule has 0 aliphatic carbocycles. The van der Waals surface area contributed by atoms with Gasteiger partial charge >= 0.3 is 0 Å². The molecule has 1 fully saturated rings. The number of ether oxygens (including phenoxy) is 1. The van der Waals surface area contributed by atoms with Crippen LogP contribution in [0.1, 0.15) is 87.2 Å². The van der Waals surface area contributed by atoms with Gasteiger partial charge in [-0.3, -0.25) is 9.59 Å². The van der Waals surface area contributed by atoms with Crippen LogP contribution in [0.2, 0.25) is 0 Å². The minimum atomic E-state index is -0.266. The summed E-state index contributed by atoms with van der Waals surface area (Å²) in [5.41, 5.74) is 2.87. The fourth-order valence-corrected chi connectivity index (χ4v) is 5.48. The van der Waals surface area contributed by atoms with E-state index < -0.39 is 0 Å². The van der Waals surface area contributed by atoms with E-state index in [9.17, 15) is 9.59 Å². The number of anilines is 1. The number of benzene rings is 2. The molecular formula is C34H49N5O3. The van der Waals surface area contributed by atoms with Gasteiger partial charge in [-0.15, -0.1) is 0 Å². The quantitative estimate of drug-likeness (QED) is 0.231. The molecule has 3 aromatic rings. The molecule has 0 atom stereocenters. The number of likely N-dealkylation sites (tertiary alicyclic amines) is 1. The summed E-state index contributed by atoms with van der Waals surface area (Å²) in [6.07, 6.45) is 6.65. The zero-order valence-corrected chi connectivity index (χ0v) is 26.2. The van der Waals surface area contributed by atoms with Crippen LogP contribution in [0.4, 0.5) is 5.69 Å². The molecule has 1 saturated heterocycles. The fourth-order valence-electron chi connectivity index (χ4n) is 5.48. The highest BCUT2D eigenvalue weighted by Gasteiger charge is 2.22. The Morgan fingerprint density at radius 3 is 2.21 bits per heavy atom. The smallest absolute Gasteiger partial charge is 0.291 e. The van der Waals surface area contributed by atoms with Crippen LogP contribution < -0.4 is 10.1 Å². The number of aryl methyl sites for hydroxylation is 1. The maximum Gasteiger partial charge on any atom is 0.291 e. The number of methoxy groups -OCH3 is 1. The van der Waals surface area contributed by atoms with E-state index in [0.717, 1.165) is 68.8 Å². The van der Waals surface area contributed by atoms with Crippen molar-refractivity contribution in [3.05, 3.63) is 53.9 Å². The molecule has 1 aliphatic heterocycles. The summed E-state index contributed by atoms with van der Waals surface area (Å²) in [4.78, 5) is 36.6. The van der Waals surface area contributed by atoms with Crippen molar-refractivity contribution in [1.82, 2.24) is 19.4 Å². The first-order valence-corrected chi connectivity index (χ1v) is 15.7. The minimum absolute atomic E-state index is 0.0449. The third kappa shape index (κ3) is 8.57. The molecule has 0 radical (unpaired) electrons. The Morgan fingerprint density at radius 2 is 1.60 bits per heavy atom. The van der Waals surface area contributed by atoms with Gasteiger partial charge in [-0.25, -0.2) is 4.98 Å². The Hall–Kier alpha value is -3.39. The van der Waals surface area contributed by atoms with Crippen molar-refractivity contribution in [3.8, 4) is 5.75 Å². The molecule has 228 valence electrons. The molecule has 0 spiro atoms. The van der Waals surface area contributed by atoms with Crippen molar-refractivity contribution < 1.29 is 14.3 Å². The van der Waals surface area contributed by atoms with Gasteiger partial charge < -0.3 is 24.4 Å². The van der Waals surface area contributed by atoms with Gasteiger partial charge in [0, 0.05) is 30.9 Å². The van der Waals surface area contributed by atoms with E-state index in [1.165, 1.54) is 19.3 Å². The van der Waals surface area contributed by atoms with Crippen LogP contribution in [-0.2, 0) is 6.54 Å². The molecule has 8 heteroatoms. The number of fused-ring (bicyclic) bond motifs is 1. The molecule has 1 aliphatic rings. The number of hydrogen-bond acceptors (Lipinski definition) is 5. The van der Waals surface area contributed by atoms with Gasteiger partial charge in [0.05, 0.1) is 18.1 Å². The van der Waals surface area contributed by atoms with E-state index in [4.69, 9.17) is 9.72 Å². The Bertz CT molecular complexity index is 1300. The number of rotatable bonds is 14. The molecule has 4 rings (SSSR count). The third-order valence-electron chi connectivity index (χ3n) is 8.09. The summed E-state index contributed by atoms with van der Waals surface area (Å²) in [5, 5.41) is 3.00. The average Bonchev–Trinajstić information content (AvgIpc) is 3.35. The summed E-state index contributed by atoms with van der Waals surface area (Å²) in [7, 11) is 1.62. The number of carbonyl (C=O) groups is 2. The second-order valence-electron chi connectivity index (χ2n) is 12.4. The Morgan fingerprint density at radius 1 is 0.929 bits per heavy atom. The molecule has 0 unspecified atom stereocenters. The SMILES string of the molecule is COc1ccc(NC(=O)c2nc3ccc(C(=O)N(CCC(C)C)CCC(C)C)cc3n2CCCN2CCCCC2)cc1. The van der Waals surface area contributed by atoms with E-state index in [0.29, 0.717) is 35.5 Å². The second-order valence-corrected chi connectivity index (χ2v) is 12.4. The van der Waals surface area contributed by atoms with Crippen LogP contribution in [0.15, 0.2) is 42.5 Å². The standard InChI is InChI=1S/C34H49N5O3/c1-25(2)16-22-38(23-17-26(3)4)34(41)27-10-15-30-31(24-27)39(21-9-20-37-18-7-6-8-19-37)32(36-30)33(40)35-28-11-13-29(42-5)14-12-28/h10-15,24-26H,6-9,16-23H2,1-5H3,(H,35,40). The molecule has 2 amide bonds. The first kappa shape index (κ1) is 31.5. The number of piperidine rings is 1. The molecule has 8 nitrogen and oxygen atoms in total. The molecule has 1 aromatic heterocycles. The number of nitrogens with zero attached hydrogens (tertiary/aromatic N) is 4. The van der Waals surface area contributed by atoms with E-state index in [1.807, 2.05) is 51.9 Å². The van der Waals surface area contributed by atoms with Crippen molar-refractivity contribution in [2.75, 3.05) is 45.2 Å². The maximum atomic E-state index is 13.8. The van der Waals surface area contributed by atoms with Gasteiger partial charge in [0.2, 0.25) is 0 Å². The Balaban J connectivity index is 1.62. The zero-order chi connectivity index (χ0) is 30.1. The number of amides is 2. The number of hydrogen-bond donors (Lipinski definition) is 1. The maximum absolute atomic E-state index is 13.8. The van der Waals surface area contributed by atoms with Gasteiger partial charge in [0.15, 0.2) is 5.82 Å². The van der Waals surface area contributed by atoms with Gasteiger partial charge in [-0.2, -0.15) is 0 Å². The first-order valence-electron chi connectivity index (χ1n) is 15.7. The van der Waals surface area contributed by atoms with Crippen molar-refractivity contribution in [3.63, 3.8) is 0 Å². The topological polar surface area (TPSA) is 79.7 Å². The minimum Gasteiger partial charge on any atom is -0.497 e. The van der Waals surface area contributed by atoms with Crippen LogP contribution in [0.5, 0.6) is 5.75 Å². The summed E-state index contributed by atoms with van der Waals surface area (Å²) in [5.74, 6) is 1.91. The largest absolute Gasteiger partial charge is 0.497 e. The predicted molar refractivity (Wildman–Crippen MR) is 170 cm³/mol. The van der Waals surface area contributed by atoms with Gasteiger partial charge in [0.25, 0.3) is 11.8 Å². The van der Waals surface area contributed by atoms with Crippen LogP contribution in [-0.4, -0.2) is 71.0 Å². The lowest BCUT2D eigenvalue weighted by Gasteiger charge is -2.26. The van der Waals surface area contributed by atoms with Crippen LogP contribution in [0, 0.1) is 11.8 Å². The molecule has 1 N–H and O–H groups in total. The summed E-state index contributed by atoms with van der Waals surface area (Å²) >= 11 is 0. The van der Waals surface area contributed by atoms with Crippen LogP contribution >= 0.6 is 0 Å². The summed E-state index contributed by atoms with van der Waals surface area (Å²) in [6.45, 7) is 14.2. The first-order chi connectivity index (χ1) is 20.2. The lowest BCUT2D eigenvalue weighted by atomic mass is 10.1. The fraction of sp³-hybridized carbons (Fsp3) is 0.559. The van der Waals surface area contributed by atoms with E-state index >= 15 is 0 Å². The van der Waals surface area contributed by atoms with Crippen LogP contribution in [0.3, 0.4) is 0 Å². The molecule has 2 aromatic carbocycles. The molecule has 42 heavy (non-hydrogen) atoms. The highest BCUT2D eigenvalue weighted by Crippen LogP contribution is 2.23. The molecule has 0 saturated carbocycles. The highest BCUT2D eigenvalue weighted by molar-refractivity contribution is 6.04. The summed E-state index contributed by atoms with van der Waals surface area (Å²) in [6, 6.07) is 13.0. The average molecular weight is 576 g/mol. The zero-order valence-electron chi connectivity index (χ0n) is 26.2. The normalized spacial score (nSPS) is 14.1. The van der Waals surface area contributed by atoms with Crippen molar-refractivity contribution in [2.24, 2.45) is 11.8 Å². The van der Waals surface area contributed by atoms with Gasteiger partial charge in [0.1, 0.15) is 5.75 Å². The Labute approximate surface area is 251 Å². The predicted octanol–water partition coefficient (Wildman–Crippen LogP) is 6.71. The number of imidazole rings is 1. The molecule has 0 bridgehead atoms. The number of aromatic nitrogens is 2. The van der Waals surface area contributed by atoms with Gasteiger partial charge in [-0.1, -0.05) is 34.1 Å². The van der Waals surface area contributed by atoms with Crippen LogP contribution in [0.25, 0.3) is 11.0 Å². The van der Waals surface area contributed by atoms with E-state index in [1.54, 1.807) is 7.11 Å². The second kappa shape index (κ2) is 15.2. The highest BCUT2D eigenvalue weighted by atomic mass is 16.5. The molecule has 2 heterocycles.